The van der Waals surface area contributed by atoms with Gasteiger partial charge in [0, 0.05) is 68.2 Å². The van der Waals surface area contributed by atoms with Crippen molar-refractivity contribution in [1.82, 2.24) is 49.8 Å². The number of benzene rings is 2. The van der Waals surface area contributed by atoms with E-state index in [1.54, 1.807) is 38.0 Å². The van der Waals surface area contributed by atoms with Gasteiger partial charge in [-0.25, -0.2) is 0 Å². The third-order valence-corrected chi connectivity index (χ3v) is 14.5. The normalized spacial score (nSPS) is 22.5. The maximum Gasteiger partial charge on any atom is 0.247 e. The Bertz CT molecular complexity index is 2090. The maximum absolute atomic E-state index is 15.3. The molecule has 424 valence electrons. The topological polar surface area (TPSA) is 187 Å². The summed E-state index contributed by atoms with van der Waals surface area (Å²) in [6.45, 7) is 15.0. The number of rotatable bonds is 18. The van der Waals surface area contributed by atoms with Crippen LogP contribution in [-0.2, 0) is 51.2 Å². The van der Waals surface area contributed by atoms with Gasteiger partial charge in [-0.15, -0.1) is 0 Å². The van der Waals surface area contributed by atoms with Crippen LogP contribution >= 0.6 is 0 Å². The summed E-state index contributed by atoms with van der Waals surface area (Å²) in [4.78, 5) is 132. The lowest BCUT2D eigenvalue weighted by Gasteiger charge is -2.40. The molecule has 0 saturated carbocycles. The smallest absolute Gasteiger partial charge is 0.247 e. The summed E-state index contributed by atoms with van der Waals surface area (Å²) in [5, 5.41) is 5.96. The lowest BCUT2D eigenvalue weighted by atomic mass is 9.97. The number of nitrogens with one attached hydrogen (secondary N) is 2. The molecular formula is C58H94N10O8. The molecule has 1 aliphatic heterocycles. The molecule has 8 amide bonds. The Kier molecular flexibility index (Phi) is 25.1. The lowest BCUT2D eigenvalue weighted by Crippen LogP contribution is -2.63. The molecule has 2 aromatic carbocycles. The van der Waals surface area contributed by atoms with Crippen molar-refractivity contribution in [2.45, 2.75) is 142 Å². The molecule has 8 atom stereocenters. The van der Waals surface area contributed by atoms with Gasteiger partial charge in [0.15, 0.2) is 0 Å². The fourth-order valence-electron chi connectivity index (χ4n) is 9.91. The van der Waals surface area contributed by atoms with E-state index in [4.69, 9.17) is 0 Å². The number of hydrogen-bond donors (Lipinski definition) is 2. The third-order valence-electron chi connectivity index (χ3n) is 14.5. The van der Waals surface area contributed by atoms with Gasteiger partial charge in [-0.2, -0.15) is 0 Å². The lowest BCUT2D eigenvalue weighted by molar-refractivity contribution is -0.154. The molecule has 1 saturated heterocycles. The molecule has 0 spiro atoms. The van der Waals surface area contributed by atoms with Crippen LogP contribution in [0.5, 0.6) is 0 Å². The van der Waals surface area contributed by atoms with Gasteiger partial charge in [0.25, 0.3) is 0 Å². The molecule has 1 heterocycles. The van der Waals surface area contributed by atoms with Gasteiger partial charge in [0.05, 0.1) is 12.1 Å². The molecule has 0 unspecified atom stereocenters. The van der Waals surface area contributed by atoms with Crippen LogP contribution in [0, 0.1) is 23.7 Å². The highest BCUT2D eigenvalue weighted by Gasteiger charge is 2.43. The van der Waals surface area contributed by atoms with Crippen LogP contribution in [0.2, 0.25) is 0 Å². The standard InChI is InChI=1S/C58H94N10O8/c1-37(2)29-45(61(9)10)51(69)59-43-35-63(13)55(73)49(33-41-25-21-19-22-26-41)67(17)58(76)48(32-40(7)8)66(16)54(72)44(60-52(70)46(62(11)12)30-38(3)4)36-64(14)56(74)50(34-42-27-23-20-24-28-42)68(18)57(75)47(31-39(5)6)65(15)53(43)71/h19-28,37-40,43-50H,29-36H2,1-18H3,(H,59,69)(H,60,70)/t43-,44-,45-,46-,47-,48-,49-,50-/m0/s1. The summed E-state index contributed by atoms with van der Waals surface area (Å²) in [7, 11) is 16.2. The number of nitrogens with zero attached hydrogens (tertiary/aromatic N) is 8. The number of carbonyl (C=O) groups is 8. The predicted molar refractivity (Wildman–Crippen MR) is 298 cm³/mol. The molecule has 0 aromatic heterocycles. The van der Waals surface area contributed by atoms with Crippen LogP contribution in [-0.4, -0.2) is 218 Å². The third kappa shape index (κ3) is 18.1. The fraction of sp³-hybridized carbons (Fsp3) is 0.655. The van der Waals surface area contributed by atoms with Gasteiger partial charge in [-0.3, -0.25) is 48.2 Å². The SMILES string of the molecule is CC(C)C[C@@H](C(=O)N[C@H]1CN(C)C(=O)[C@H](Cc2ccccc2)N(C)C(=O)[C@H](CC(C)C)N(C)C(=O)[C@@H](NC(=O)[C@H](CC(C)C)N(C)C)CN(C)C(=O)[C@H](Cc2ccccc2)N(C)C(=O)[C@H](CC(C)C)N(C)C1=O)N(C)C. The van der Waals surface area contributed by atoms with E-state index < -0.39 is 95.6 Å². The molecule has 18 heteroatoms. The van der Waals surface area contributed by atoms with E-state index in [1.165, 1.54) is 71.7 Å². The number of likely N-dealkylation sites (N-methyl/N-ethyl adjacent to an activating group) is 8. The monoisotopic (exact) mass is 1060 g/mol. The van der Waals surface area contributed by atoms with E-state index in [-0.39, 0.29) is 62.4 Å². The van der Waals surface area contributed by atoms with Gasteiger partial charge in [0.2, 0.25) is 47.3 Å². The van der Waals surface area contributed by atoms with Crippen molar-refractivity contribution >= 4 is 47.3 Å². The average molecular weight is 1060 g/mol. The van der Waals surface area contributed by atoms with Crippen LogP contribution in [0.15, 0.2) is 60.7 Å². The van der Waals surface area contributed by atoms with Crippen LogP contribution in [0.1, 0.15) is 92.2 Å². The molecule has 0 aliphatic carbocycles. The molecule has 2 aromatic rings. The van der Waals surface area contributed by atoms with Gasteiger partial charge in [-0.05, 0) is 88.7 Å². The molecular weight excluding hydrogens is 965 g/mol. The highest BCUT2D eigenvalue weighted by Crippen LogP contribution is 2.23. The summed E-state index contributed by atoms with van der Waals surface area (Å²) in [6.07, 6.45) is 1.43. The van der Waals surface area contributed by atoms with Gasteiger partial charge in [-0.1, -0.05) is 116 Å². The van der Waals surface area contributed by atoms with Gasteiger partial charge in [0.1, 0.15) is 36.3 Å². The number of hydrogen-bond acceptors (Lipinski definition) is 10. The first kappa shape index (κ1) is 64.4. The molecule has 0 radical (unpaired) electrons. The van der Waals surface area contributed by atoms with Crippen molar-refractivity contribution in [1.29, 1.82) is 0 Å². The van der Waals surface area contributed by atoms with E-state index in [1.807, 2.05) is 116 Å². The van der Waals surface area contributed by atoms with Crippen LogP contribution in [0.25, 0.3) is 0 Å². The summed E-state index contributed by atoms with van der Waals surface area (Å²) < 4.78 is 0. The summed E-state index contributed by atoms with van der Waals surface area (Å²) >= 11 is 0. The van der Waals surface area contributed by atoms with Crippen molar-refractivity contribution in [3.05, 3.63) is 71.8 Å². The first-order valence-electron chi connectivity index (χ1n) is 27.1. The van der Waals surface area contributed by atoms with Crippen molar-refractivity contribution in [3.8, 4) is 0 Å². The van der Waals surface area contributed by atoms with E-state index in [0.717, 1.165) is 11.1 Å². The summed E-state index contributed by atoms with van der Waals surface area (Å²) in [5.74, 6) is -4.31. The quantitative estimate of drug-likeness (QED) is 0.223. The van der Waals surface area contributed by atoms with Crippen LogP contribution in [0.3, 0.4) is 0 Å². The van der Waals surface area contributed by atoms with Crippen molar-refractivity contribution in [2.75, 3.05) is 83.6 Å². The van der Waals surface area contributed by atoms with E-state index >= 15 is 28.8 Å². The zero-order valence-electron chi connectivity index (χ0n) is 49.2. The Morgan fingerprint density at radius 2 is 0.737 bits per heavy atom. The second-order valence-electron chi connectivity index (χ2n) is 23.3. The zero-order valence-corrected chi connectivity index (χ0v) is 49.2. The summed E-state index contributed by atoms with van der Waals surface area (Å²) in [6, 6.07) is 9.80. The largest absolute Gasteiger partial charge is 0.341 e. The first-order chi connectivity index (χ1) is 35.5. The van der Waals surface area contributed by atoms with E-state index in [2.05, 4.69) is 10.6 Å². The molecule has 1 aliphatic rings. The molecule has 1 fully saturated rings. The Morgan fingerprint density at radius 3 is 1.00 bits per heavy atom. The number of carbonyl (C=O) groups excluding carboxylic acids is 8. The van der Waals surface area contributed by atoms with Crippen molar-refractivity contribution in [3.63, 3.8) is 0 Å². The maximum atomic E-state index is 15.3. The highest BCUT2D eigenvalue weighted by molar-refractivity contribution is 5.97. The van der Waals surface area contributed by atoms with Gasteiger partial charge < -0.3 is 40.0 Å². The molecule has 18 nitrogen and oxygen atoms in total. The fourth-order valence-corrected chi connectivity index (χ4v) is 9.91. The van der Waals surface area contributed by atoms with Crippen LogP contribution < -0.4 is 10.6 Å². The Morgan fingerprint density at radius 1 is 0.447 bits per heavy atom. The highest BCUT2D eigenvalue weighted by atomic mass is 16.2. The van der Waals surface area contributed by atoms with E-state index in [0.29, 0.717) is 12.8 Å². The first-order valence-corrected chi connectivity index (χ1v) is 27.1. The molecule has 2 N–H and O–H groups in total. The Balaban J connectivity index is 2.44. The Labute approximate surface area is 455 Å². The molecule has 0 bridgehead atoms. The van der Waals surface area contributed by atoms with E-state index in [9.17, 15) is 9.59 Å². The zero-order chi connectivity index (χ0) is 57.5. The minimum absolute atomic E-state index is 0.0646. The van der Waals surface area contributed by atoms with Crippen molar-refractivity contribution in [2.24, 2.45) is 23.7 Å². The molecule has 76 heavy (non-hydrogen) atoms. The minimum Gasteiger partial charge on any atom is -0.341 e. The Hall–Kier alpha value is -5.88. The molecule has 3 rings (SSSR count). The van der Waals surface area contributed by atoms with Gasteiger partial charge >= 0.3 is 0 Å². The predicted octanol–water partition coefficient (Wildman–Crippen LogP) is 3.72. The summed E-state index contributed by atoms with van der Waals surface area (Å²) in [5.41, 5.74) is 1.49. The van der Waals surface area contributed by atoms with Crippen LogP contribution in [0.4, 0.5) is 0 Å². The number of amides is 8. The van der Waals surface area contributed by atoms with Crippen molar-refractivity contribution < 1.29 is 38.4 Å². The minimum atomic E-state index is -1.36. The average Bonchev–Trinajstić information content (AvgIpc) is 3.36. The second-order valence-corrected chi connectivity index (χ2v) is 23.3. The second kappa shape index (κ2) is 29.6.